The average molecular weight is 256 g/mol. The molecule has 1 aliphatic rings. The second-order valence-electron chi connectivity index (χ2n) is 4.81. The molecule has 0 fully saturated rings. The lowest BCUT2D eigenvalue weighted by Crippen LogP contribution is -2.13. The number of aliphatic hydroxyl groups is 1. The molecule has 0 aliphatic carbocycles. The molecular weight excluding hydrogens is 240 g/mol. The topological polar surface area (TPSA) is 55.2 Å². The highest BCUT2D eigenvalue weighted by molar-refractivity contribution is 5.45. The third-order valence-corrected chi connectivity index (χ3v) is 3.30. The number of benzene rings is 1. The normalized spacial score (nSPS) is 15.5. The minimum Gasteiger partial charge on any atom is -0.493 e. The van der Waals surface area contributed by atoms with Gasteiger partial charge in [0.2, 0.25) is 0 Å². The van der Waals surface area contributed by atoms with Gasteiger partial charge in [0.25, 0.3) is 0 Å². The van der Waals surface area contributed by atoms with Gasteiger partial charge in [0.1, 0.15) is 11.9 Å². The summed E-state index contributed by atoms with van der Waals surface area (Å²) in [5.74, 6) is 1.21. The maximum absolute atomic E-state index is 10.4. The summed E-state index contributed by atoms with van der Waals surface area (Å²) in [6, 6.07) is 5.86. The molecule has 0 spiro atoms. The summed E-state index contributed by atoms with van der Waals surface area (Å²) < 4.78 is 5.71. The van der Waals surface area contributed by atoms with E-state index in [1.54, 1.807) is 12.4 Å². The molecule has 0 bridgehead atoms. The number of nitrogens with zero attached hydrogens (tertiary/aromatic N) is 2. The van der Waals surface area contributed by atoms with Crippen molar-refractivity contribution in [2.75, 3.05) is 6.61 Å². The molecule has 0 saturated heterocycles. The molecule has 1 unspecified atom stereocenters. The lowest BCUT2D eigenvalue weighted by molar-refractivity contribution is 0.197. The highest BCUT2D eigenvalue weighted by atomic mass is 16.5. The molecule has 0 radical (unpaired) electrons. The monoisotopic (exact) mass is 256 g/mol. The summed E-state index contributed by atoms with van der Waals surface area (Å²) in [4.78, 5) is 8.37. The lowest BCUT2D eigenvalue weighted by atomic mass is 9.99. The van der Waals surface area contributed by atoms with Gasteiger partial charge in [-0.15, -0.1) is 0 Å². The third-order valence-electron chi connectivity index (χ3n) is 3.30. The van der Waals surface area contributed by atoms with E-state index in [1.807, 2.05) is 25.1 Å². The van der Waals surface area contributed by atoms with Crippen molar-refractivity contribution in [3.63, 3.8) is 0 Å². The van der Waals surface area contributed by atoms with Crippen LogP contribution in [0.5, 0.6) is 5.75 Å². The van der Waals surface area contributed by atoms with Crippen LogP contribution in [0.4, 0.5) is 0 Å². The summed E-state index contributed by atoms with van der Waals surface area (Å²) >= 11 is 0. The van der Waals surface area contributed by atoms with Crippen molar-refractivity contribution >= 4 is 0 Å². The average Bonchev–Trinajstić information content (AvgIpc) is 2.47. The zero-order chi connectivity index (χ0) is 13.2. The maximum atomic E-state index is 10.4. The SMILES string of the molecule is Cc1cnc(C(O)c2cccc3c2OCCC3)nc1. The number of hydrogen-bond acceptors (Lipinski definition) is 4. The van der Waals surface area contributed by atoms with Gasteiger partial charge >= 0.3 is 0 Å². The van der Waals surface area contributed by atoms with Crippen LogP contribution in [0.25, 0.3) is 0 Å². The predicted molar refractivity (Wildman–Crippen MR) is 71.1 cm³/mol. The fourth-order valence-electron chi connectivity index (χ4n) is 2.31. The van der Waals surface area contributed by atoms with Crippen LogP contribution in [0.2, 0.25) is 0 Å². The molecule has 2 aromatic rings. The van der Waals surface area contributed by atoms with E-state index in [9.17, 15) is 5.11 Å². The van der Waals surface area contributed by atoms with Crippen LogP contribution in [-0.4, -0.2) is 21.7 Å². The van der Waals surface area contributed by atoms with E-state index in [0.717, 1.165) is 35.3 Å². The lowest BCUT2D eigenvalue weighted by Gasteiger charge is -2.22. The number of aliphatic hydroxyl groups excluding tert-OH is 1. The highest BCUT2D eigenvalue weighted by Crippen LogP contribution is 2.34. The van der Waals surface area contributed by atoms with Crippen LogP contribution >= 0.6 is 0 Å². The Morgan fingerprint density at radius 1 is 1.26 bits per heavy atom. The highest BCUT2D eigenvalue weighted by Gasteiger charge is 2.22. The molecule has 3 rings (SSSR count). The minimum atomic E-state index is -0.839. The molecule has 19 heavy (non-hydrogen) atoms. The summed E-state index contributed by atoms with van der Waals surface area (Å²) in [6.45, 7) is 2.62. The Hall–Kier alpha value is -1.94. The van der Waals surface area contributed by atoms with Gasteiger partial charge in [-0.3, -0.25) is 0 Å². The van der Waals surface area contributed by atoms with E-state index in [0.29, 0.717) is 12.4 Å². The van der Waals surface area contributed by atoms with Crippen LogP contribution in [0, 0.1) is 6.92 Å². The van der Waals surface area contributed by atoms with Crippen molar-refractivity contribution in [1.82, 2.24) is 9.97 Å². The van der Waals surface area contributed by atoms with Crippen molar-refractivity contribution in [2.45, 2.75) is 25.9 Å². The number of para-hydroxylation sites is 1. The molecule has 98 valence electrons. The van der Waals surface area contributed by atoms with Crippen molar-refractivity contribution < 1.29 is 9.84 Å². The first kappa shape index (κ1) is 12.1. The summed E-state index contributed by atoms with van der Waals surface area (Å²) in [5, 5.41) is 10.4. The van der Waals surface area contributed by atoms with Crippen LogP contribution in [-0.2, 0) is 6.42 Å². The molecule has 2 heterocycles. The molecule has 1 aliphatic heterocycles. The van der Waals surface area contributed by atoms with Crippen molar-refractivity contribution in [3.8, 4) is 5.75 Å². The Morgan fingerprint density at radius 3 is 2.84 bits per heavy atom. The van der Waals surface area contributed by atoms with Gasteiger partial charge < -0.3 is 9.84 Å². The molecule has 1 N–H and O–H groups in total. The van der Waals surface area contributed by atoms with Crippen molar-refractivity contribution in [2.24, 2.45) is 0 Å². The van der Waals surface area contributed by atoms with E-state index in [1.165, 1.54) is 0 Å². The minimum absolute atomic E-state index is 0.410. The first-order valence-electron chi connectivity index (χ1n) is 6.47. The summed E-state index contributed by atoms with van der Waals surface area (Å²) in [6.07, 6.45) is 4.59. The Kier molecular flexibility index (Phi) is 3.17. The van der Waals surface area contributed by atoms with Crippen LogP contribution < -0.4 is 4.74 Å². The number of rotatable bonds is 2. The zero-order valence-corrected chi connectivity index (χ0v) is 10.8. The molecule has 4 heteroatoms. The smallest absolute Gasteiger partial charge is 0.161 e. The van der Waals surface area contributed by atoms with E-state index >= 15 is 0 Å². The fourth-order valence-corrected chi connectivity index (χ4v) is 2.31. The summed E-state index contributed by atoms with van der Waals surface area (Å²) in [5.41, 5.74) is 2.87. The Balaban J connectivity index is 1.99. The summed E-state index contributed by atoms with van der Waals surface area (Å²) in [7, 11) is 0. The largest absolute Gasteiger partial charge is 0.493 e. The van der Waals surface area contributed by atoms with Gasteiger partial charge in [0.15, 0.2) is 5.82 Å². The number of hydrogen-bond donors (Lipinski definition) is 1. The standard InChI is InChI=1S/C15H16N2O2/c1-10-8-16-15(17-9-10)13(18)12-6-2-4-11-5-3-7-19-14(11)12/h2,4,6,8-9,13,18H,3,5,7H2,1H3. The van der Waals surface area contributed by atoms with E-state index < -0.39 is 6.10 Å². The zero-order valence-electron chi connectivity index (χ0n) is 10.8. The van der Waals surface area contributed by atoms with Crippen LogP contribution in [0.1, 0.15) is 35.0 Å². The maximum Gasteiger partial charge on any atom is 0.161 e. The number of ether oxygens (including phenoxy) is 1. The second kappa shape index (κ2) is 4.97. The molecule has 1 atom stereocenters. The van der Waals surface area contributed by atoms with Gasteiger partial charge in [-0.1, -0.05) is 18.2 Å². The molecule has 0 saturated carbocycles. The Bertz CT molecular complexity index is 581. The van der Waals surface area contributed by atoms with Crippen LogP contribution in [0.15, 0.2) is 30.6 Å². The first-order valence-corrected chi connectivity index (χ1v) is 6.47. The van der Waals surface area contributed by atoms with Crippen LogP contribution in [0.3, 0.4) is 0 Å². The van der Waals surface area contributed by atoms with E-state index in [2.05, 4.69) is 9.97 Å². The molecule has 1 aromatic heterocycles. The Labute approximate surface area is 112 Å². The van der Waals surface area contributed by atoms with E-state index in [4.69, 9.17) is 4.74 Å². The number of aromatic nitrogens is 2. The molecule has 0 amide bonds. The number of fused-ring (bicyclic) bond motifs is 1. The number of aryl methyl sites for hydroxylation is 2. The van der Waals surface area contributed by atoms with Crippen molar-refractivity contribution in [1.29, 1.82) is 0 Å². The fraction of sp³-hybridized carbons (Fsp3) is 0.333. The van der Waals surface area contributed by atoms with Crippen molar-refractivity contribution in [3.05, 3.63) is 53.1 Å². The molecule has 1 aromatic carbocycles. The van der Waals surface area contributed by atoms with Gasteiger partial charge in [-0.2, -0.15) is 0 Å². The quantitative estimate of drug-likeness (QED) is 0.895. The predicted octanol–water partition coefficient (Wildman–Crippen LogP) is 2.19. The molecular formula is C15H16N2O2. The second-order valence-corrected chi connectivity index (χ2v) is 4.81. The van der Waals surface area contributed by atoms with Gasteiger partial charge in [0, 0.05) is 18.0 Å². The molecule has 4 nitrogen and oxygen atoms in total. The Morgan fingerprint density at radius 2 is 2.05 bits per heavy atom. The first-order chi connectivity index (χ1) is 9.25. The van der Waals surface area contributed by atoms with E-state index in [-0.39, 0.29) is 0 Å². The van der Waals surface area contributed by atoms with Gasteiger partial charge in [-0.25, -0.2) is 9.97 Å². The van der Waals surface area contributed by atoms with Gasteiger partial charge in [-0.05, 0) is 30.9 Å². The van der Waals surface area contributed by atoms with Gasteiger partial charge in [0.05, 0.1) is 6.61 Å². The third kappa shape index (κ3) is 2.31.